The van der Waals surface area contributed by atoms with Crippen molar-refractivity contribution in [2.24, 2.45) is 0 Å². The van der Waals surface area contributed by atoms with Crippen molar-refractivity contribution >= 4 is 11.7 Å². The molecule has 1 heterocycles. The lowest BCUT2D eigenvalue weighted by Gasteiger charge is -2.34. The standard InChI is InChI=1S/C22H29N3O3/c1-27-17-18-28-21-9-7-20(8-10-21)23-22(26)25-15-13-24(14-16-25)12-11-19-5-3-2-4-6-19/h2-10H,11-18H2,1H3,(H,23,26). The highest BCUT2D eigenvalue weighted by Gasteiger charge is 2.20. The zero-order chi connectivity index (χ0) is 19.6. The number of hydrogen-bond donors (Lipinski definition) is 1. The summed E-state index contributed by atoms with van der Waals surface area (Å²) in [5.74, 6) is 0.766. The van der Waals surface area contributed by atoms with Gasteiger partial charge >= 0.3 is 6.03 Å². The van der Waals surface area contributed by atoms with Gasteiger partial charge in [0.25, 0.3) is 0 Å². The Hall–Kier alpha value is -2.57. The van der Waals surface area contributed by atoms with Crippen LogP contribution in [0, 0.1) is 0 Å². The van der Waals surface area contributed by atoms with Crippen LogP contribution in [0.5, 0.6) is 5.75 Å². The summed E-state index contributed by atoms with van der Waals surface area (Å²) in [4.78, 5) is 16.8. The summed E-state index contributed by atoms with van der Waals surface area (Å²) in [5, 5.41) is 2.97. The number of nitrogens with one attached hydrogen (secondary N) is 1. The van der Waals surface area contributed by atoms with Crippen LogP contribution in [-0.2, 0) is 11.2 Å². The minimum Gasteiger partial charge on any atom is -0.491 e. The van der Waals surface area contributed by atoms with Gasteiger partial charge in [-0.15, -0.1) is 0 Å². The van der Waals surface area contributed by atoms with Crippen LogP contribution >= 0.6 is 0 Å². The molecule has 0 aromatic heterocycles. The van der Waals surface area contributed by atoms with Crippen LogP contribution in [0.1, 0.15) is 5.56 Å². The quantitative estimate of drug-likeness (QED) is 0.712. The molecule has 3 rings (SSSR count). The first-order chi connectivity index (χ1) is 13.7. The van der Waals surface area contributed by atoms with Gasteiger partial charge in [-0.05, 0) is 36.2 Å². The minimum atomic E-state index is -0.0456. The number of anilines is 1. The number of carbonyl (C=O) groups excluding carboxylic acids is 1. The van der Waals surface area contributed by atoms with Gasteiger partial charge in [0, 0.05) is 45.5 Å². The summed E-state index contributed by atoms with van der Waals surface area (Å²) < 4.78 is 10.5. The maximum Gasteiger partial charge on any atom is 0.321 e. The minimum absolute atomic E-state index is 0.0456. The number of methoxy groups -OCH3 is 1. The Morgan fingerprint density at radius 1 is 0.964 bits per heavy atom. The van der Waals surface area contributed by atoms with Gasteiger partial charge in [-0.3, -0.25) is 4.90 Å². The van der Waals surface area contributed by atoms with Gasteiger partial charge in [-0.2, -0.15) is 0 Å². The van der Waals surface area contributed by atoms with Crippen molar-refractivity contribution in [3.63, 3.8) is 0 Å². The molecule has 1 aliphatic heterocycles. The smallest absolute Gasteiger partial charge is 0.321 e. The molecule has 1 saturated heterocycles. The van der Waals surface area contributed by atoms with Gasteiger partial charge < -0.3 is 19.7 Å². The monoisotopic (exact) mass is 383 g/mol. The van der Waals surface area contributed by atoms with E-state index in [2.05, 4.69) is 34.5 Å². The predicted molar refractivity (Wildman–Crippen MR) is 111 cm³/mol. The van der Waals surface area contributed by atoms with Crippen molar-refractivity contribution in [3.8, 4) is 5.75 Å². The van der Waals surface area contributed by atoms with Gasteiger partial charge in [-0.25, -0.2) is 4.79 Å². The van der Waals surface area contributed by atoms with E-state index in [1.165, 1.54) is 5.56 Å². The van der Waals surface area contributed by atoms with Gasteiger partial charge in [0.2, 0.25) is 0 Å². The molecule has 150 valence electrons. The van der Waals surface area contributed by atoms with E-state index >= 15 is 0 Å². The molecule has 0 bridgehead atoms. The van der Waals surface area contributed by atoms with E-state index in [0.29, 0.717) is 13.2 Å². The number of nitrogens with zero attached hydrogens (tertiary/aromatic N) is 2. The Balaban J connectivity index is 1.38. The van der Waals surface area contributed by atoms with Crippen LogP contribution in [0.3, 0.4) is 0 Å². The second-order valence-electron chi connectivity index (χ2n) is 6.86. The number of hydrogen-bond acceptors (Lipinski definition) is 4. The molecular formula is C22H29N3O3. The topological polar surface area (TPSA) is 54.0 Å². The first-order valence-electron chi connectivity index (χ1n) is 9.78. The Bertz CT molecular complexity index is 714. The summed E-state index contributed by atoms with van der Waals surface area (Å²) >= 11 is 0. The highest BCUT2D eigenvalue weighted by Crippen LogP contribution is 2.16. The fourth-order valence-electron chi connectivity index (χ4n) is 3.19. The zero-order valence-electron chi connectivity index (χ0n) is 16.5. The third-order valence-electron chi connectivity index (χ3n) is 4.88. The second kappa shape index (κ2) is 10.7. The van der Waals surface area contributed by atoms with Crippen LogP contribution < -0.4 is 10.1 Å². The normalized spacial score (nSPS) is 14.7. The molecule has 2 amide bonds. The molecule has 1 fully saturated rings. The first-order valence-corrected chi connectivity index (χ1v) is 9.78. The highest BCUT2D eigenvalue weighted by molar-refractivity contribution is 5.89. The summed E-state index contributed by atoms with van der Waals surface area (Å²) in [7, 11) is 1.64. The average Bonchev–Trinajstić information content (AvgIpc) is 2.75. The largest absolute Gasteiger partial charge is 0.491 e. The van der Waals surface area contributed by atoms with Crippen molar-refractivity contribution in [1.82, 2.24) is 9.80 Å². The lowest BCUT2D eigenvalue weighted by atomic mass is 10.1. The zero-order valence-corrected chi connectivity index (χ0v) is 16.5. The fourth-order valence-corrected chi connectivity index (χ4v) is 3.19. The molecule has 0 aliphatic carbocycles. The molecular weight excluding hydrogens is 354 g/mol. The number of benzene rings is 2. The Morgan fingerprint density at radius 2 is 1.68 bits per heavy atom. The van der Waals surface area contributed by atoms with E-state index in [4.69, 9.17) is 9.47 Å². The Morgan fingerprint density at radius 3 is 2.36 bits per heavy atom. The number of ether oxygens (including phenoxy) is 2. The van der Waals surface area contributed by atoms with Gasteiger partial charge in [0.1, 0.15) is 12.4 Å². The molecule has 1 N–H and O–H groups in total. The van der Waals surface area contributed by atoms with E-state index in [1.54, 1.807) is 7.11 Å². The summed E-state index contributed by atoms with van der Waals surface area (Å²) in [6.07, 6.45) is 1.05. The third-order valence-corrected chi connectivity index (χ3v) is 4.88. The molecule has 2 aromatic rings. The van der Waals surface area contributed by atoms with Crippen molar-refractivity contribution in [2.75, 3.05) is 58.4 Å². The average molecular weight is 383 g/mol. The highest BCUT2D eigenvalue weighted by atomic mass is 16.5. The van der Waals surface area contributed by atoms with Crippen LogP contribution in [0.2, 0.25) is 0 Å². The predicted octanol–water partition coefficient (Wildman–Crippen LogP) is 3.10. The lowest BCUT2D eigenvalue weighted by molar-refractivity contribution is 0.146. The number of carbonyl (C=O) groups is 1. The molecule has 6 heteroatoms. The van der Waals surface area contributed by atoms with Crippen molar-refractivity contribution in [1.29, 1.82) is 0 Å². The summed E-state index contributed by atoms with van der Waals surface area (Å²) in [5.41, 5.74) is 2.13. The molecule has 2 aromatic carbocycles. The molecule has 28 heavy (non-hydrogen) atoms. The van der Waals surface area contributed by atoms with E-state index < -0.39 is 0 Å². The van der Waals surface area contributed by atoms with Crippen molar-refractivity contribution < 1.29 is 14.3 Å². The maximum atomic E-state index is 12.5. The SMILES string of the molecule is COCCOc1ccc(NC(=O)N2CCN(CCc3ccccc3)CC2)cc1. The number of amides is 2. The maximum absolute atomic E-state index is 12.5. The second-order valence-corrected chi connectivity index (χ2v) is 6.86. The number of piperazine rings is 1. The van der Waals surface area contributed by atoms with E-state index in [1.807, 2.05) is 35.2 Å². The van der Waals surface area contributed by atoms with E-state index in [0.717, 1.165) is 50.6 Å². The Kier molecular flexibility index (Phi) is 7.70. The van der Waals surface area contributed by atoms with E-state index in [9.17, 15) is 4.79 Å². The number of rotatable bonds is 8. The van der Waals surface area contributed by atoms with Gasteiger partial charge in [0.05, 0.1) is 6.61 Å². The fraction of sp³-hybridized carbons (Fsp3) is 0.409. The van der Waals surface area contributed by atoms with Crippen molar-refractivity contribution in [3.05, 3.63) is 60.2 Å². The summed E-state index contributed by atoms with van der Waals surface area (Å²) in [6, 6.07) is 17.9. The van der Waals surface area contributed by atoms with Crippen LogP contribution in [0.4, 0.5) is 10.5 Å². The summed E-state index contributed by atoms with van der Waals surface area (Å²) in [6.45, 7) is 5.41. The Labute approximate surface area is 167 Å². The van der Waals surface area contributed by atoms with Gasteiger partial charge in [0.15, 0.2) is 0 Å². The van der Waals surface area contributed by atoms with Crippen molar-refractivity contribution in [2.45, 2.75) is 6.42 Å². The van der Waals surface area contributed by atoms with Crippen LogP contribution in [-0.4, -0.2) is 68.9 Å². The molecule has 6 nitrogen and oxygen atoms in total. The third kappa shape index (κ3) is 6.25. The van der Waals surface area contributed by atoms with E-state index in [-0.39, 0.29) is 6.03 Å². The van der Waals surface area contributed by atoms with Crippen LogP contribution in [0.15, 0.2) is 54.6 Å². The molecule has 0 atom stereocenters. The van der Waals surface area contributed by atoms with Crippen LogP contribution in [0.25, 0.3) is 0 Å². The first kappa shape index (κ1) is 20.2. The molecule has 0 spiro atoms. The lowest BCUT2D eigenvalue weighted by Crippen LogP contribution is -2.50. The molecule has 0 unspecified atom stereocenters. The molecule has 1 aliphatic rings. The number of urea groups is 1. The molecule has 0 saturated carbocycles. The van der Waals surface area contributed by atoms with Gasteiger partial charge in [-0.1, -0.05) is 30.3 Å². The molecule has 0 radical (unpaired) electrons.